The molecule has 1 saturated carbocycles. The van der Waals surface area contributed by atoms with E-state index < -0.39 is 58.9 Å². The van der Waals surface area contributed by atoms with Crippen molar-refractivity contribution in [1.82, 2.24) is 46.5 Å². The van der Waals surface area contributed by atoms with Crippen LogP contribution in [0.3, 0.4) is 0 Å². The Balaban J connectivity index is 0.790. The second kappa shape index (κ2) is 23.8. The van der Waals surface area contributed by atoms with Gasteiger partial charge in [-0.1, -0.05) is 80.5 Å². The first kappa shape index (κ1) is 55.7. The molecule has 2 aliphatic carbocycles. The molecule has 2 unspecified atom stereocenters. The molecule has 21 heteroatoms. The smallest absolute Gasteiger partial charge is 0.273 e. The summed E-state index contributed by atoms with van der Waals surface area (Å²) in [5, 5.41) is 39.7. The van der Waals surface area contributed by atoms with Crippen molar-refractivity contribution in [3.8, 4) is 27.5 Å². The maximum atomic E-state index is 14.7. The van der Waals surface area contributed by atoms with Crippen molar-refractivity contribution in [2.45, 2.75) is 121 Å². The van der Waals surface area contributed by atoms with E-state index in [1.807, 2.05) is 43.3 Å². The number of benzene rings is 3. The van der Waals surface area contributed by atoms with E-state index in [1.54, 1.807) is 51.5 Å². The Morgan fingerprint density at radius 2 is 1.66 bits per heavy atom. The lowest BCUT2D eigenvalue weighted by Gasteiger charge is -2.36. The van der Waals surface area contributed by atoms with Crippen molar-refractivity contribution in [2.75, 3.05) is 33.2 Å². The fraction of sp³-hybridized carbons (Fsp3) is 0.446. The Morgan fingerprint density at radius 1 is 0.935 bits per heavy atom. The molecule has 5 aromatic rings. The number of alkyl halides is 1. The van der Waals surface area contributed by atoms with E-state index in [0.29, 0.717) is 24.0 Å². The average Bonchev–Trinajstić information content (AvgIpc) is 3.88. The third kappa shape index (κ3) is 13.5. The van der Waals surface area contributed by atoms with Crippen LogP contribution in [0.25, 0.3) is 21.8 Å². The standard InChI is InChI=1S/C56H66FN9O10S/c1-32-48(77-31-60-32)35-15-13-34(14-16-35)41(62-51(72)43-27-37(67)30-66(43)53(74)49(55(2,3)4)63-54(75)56(57)21-22-56)29-47(70)58-23-9-8-12-46(69)59-24-25-65(5)52(73)39-19-17-36(26-44(39)68)45-28-42(64-76-45)50(71)61-40-20-18-33-10-6-7-11-38(33)40/h6-7,10-11,13-17,19,26,28,31,37,40-41,43,49,67-68H,8-9,12,18,20-25,27,29-30H2,1-5H3,(H,58,70)(H,59,69)(H,61,71)(H,62,72)(H,63,75)/t37-,40-,41?,43+,49?/m1/s1. The molecule has 1 saturated heterocycles. The molecule has 0 radical (unpaired) electrons. The predicted molar refractivity (Wildman–Crippen MR) is 284 cm³/mol. The number of nitrogens with one attached hydrogen (secondary N) is 5. The number of carbonyl (C=O) groups is 7. The fourth-order valence-corrected chi connectivity index (χ4v) is 10.5. The van der Waals surface area contributed by atoms with Crippen LogP contribution in [0.4, 0.5) is 4.39 Å². The summed E-state index contributed by atoms with van der Waals surface area (Å²) in [5.41, 5.74) is 4.02. The number of rotatable bonds is 21. The number of thiazole rings is 1. The molecule has 2 fully saturated rings. The number of β-amino-alcohol motifs (C(OH)–C–C–N with tert-alkyl or cyclic N) is 1. The first-order valence-corrected chi connectivity index (χ1v) is 26.8. The van der Waals surface area contributed by atoms with Crippen molar-refractivity contribution in [3.05, 3.63) is 112 Å². The van der Waals surface area contributed by atoms with Crippen molar-refractivity contribution >= 4 is 52.7 Å². The van der Waals surface area contributed by atoms with E-state index in [0.717, 1.165) is 34.5 Å². The number of aryl methyl sites for hydroxylation is 2. The summed E-state index contributed by atoms with van der Waals surface area (Å²) in [7, 11) is 1.54. The highest BCUT2D eigenvalue weighted by Gasteiger charge is 2.53. The molecule has 0 spiro atoms. The summed E-state index contributed by atoms with van der Waals surface area (Å²) >= 11 is 1.48. The molecule has 3 aliphatic rings. The number of fused-ring (bicyclic) bond motifs is 1. The van der Waals surface area contributed by atoms with Gasteiger partial charge in [0.1, 0.15) is 17.8 Å². The van der Waals surface area contributed by atoms with Gasteiger partial charge >= 0.3 is 0 Å². The Hall–Kier alpha value is -7.52. The Bertz CT molecular complexity index is 3010. The molecule has 19 nitrogen and oxygen atoms in total. The molecule has 3 heterocycles. The number of phenols is 1. The van der Waals surface area contributed by atoms with Crippen molar-refractivity contribution < 1.29 is 52.7 Å². The highest BCUT2D eigenvalue weighted by Crippen LogP contribution is 2.41. The number of hydrogen-bond acceptors (Lipinski definition) is 13. The summed E-state index contributed by atoms with van der Waals surface area (Å²) in [6.07, 6.45) is 1.50. The van der Waals surface area contributed by atoms with E-state index in [4.69, 9.17) is 4.52 Å². The SMILES string of the molecule is Cc1ncsc1-c1ccc(C(CC(=O)NCCCCC(=O)NCCN(C)C(=O)c2ccc(-c3cc(C(=O)N[C@@H]4CCc5ccccc54)no3)cc2O)NC(=O)[C@@H]2C[C@@H](O)CN2C(=O)C(NC(=O)C2(F)CC2)C(C)(C)C)cc1. The molecule has 1 aliphatic heterocycles. The first-order valence-electron chi connectivity index (χ1n) is 26.0. The number of likely N-dealkylation sites (N-methyl/N-ethyl adjacent to an activating group) is 1. The van der Waals surface area contributed by atoms with E-state index in [9.17, 15) is 48.2 Å². The number of hydrogen-bond donors (Lipinski definition) is 7. The van der Waals surface area contributed by atoms with Gasteiger partial charge in [0.05, 0.1) is 46.3 Å². The number of phenolic OH excluding ortho intramolecular Hbond substituents is 1. The molecular formula is C56H66FN9O10S. The van der Waals surface area contributed by atoms with Gasteiger partial charge in [0.2, 0.25) is 23.6 Å². The number of amides is 7. The number of carbonyl (C=O) groups excluding carboxylic acids is 7. The van der Waals surface area contributed by atoms with Crippen LogP contribution in [-0.4, -0.2) is 129 Å². The third-order valence-electron chi connectivity index (χ3n) is 14.3. The highest BCUT2D eigenvalue weighted by molar-refractivity contribution is 7.13. The number of aliphatic hydroxyl groups is 1. The molecule has 0 bridgehead atoms. The number of aliphatic hydroxyl groups excluding tert-OH is 1. The van der Waals surface area contributed by atoms with E-state index in [-0.39, 0.29) is 105 Å². The molecule has 7 N–H and O–H groups in total. The Morgan fingerprint density at radius 3 is 2.36 bits per heavy atom. The second-order valence-corrected chi connectivity index (χ2v) is 22.1. The largest absolute Gasteiger partial charge is 0.507 e. The molecule has 3 aromatic carbocycles. The highest BCUT2D eigenvalue weighted by atomic mass is 32.1. The van der Waals surface area contributed by atoms with Crippen molar-refractivity contribution in [2.24, 2.45) is 5.41 Å². The number of halogens is 1. The average molecular weight is 1080 g/mol. The van der Waals surface area contributed by atoms with Crippen molar-refractivity contribution in [1.29, 1.82) is 0 Å². The summed E-state index contributed by atoms with van der Waals surface area (Å²) in [5.74, 6) is -3.70. The second-order valence-electron chi connectivity index (χ2n) is 21.2. The topological polar surface area (TPSA) is 265 Å². The molecule has 408 valence electrons. The molecule has 7 amide bonds. The zero-order chi connectivity index (χ0) is 55.2. The Kier molecular flexibility index (Phi) is 17.2. The number of unbranched alkanes of at least 4 members (excludes halogenated alkanes) is 1. The van der Waals surface area contributed by atoms with Gasteiger partial charge < -0.3 is 51.1 Å². The fourth-order valence-electron chi connectivity index (χ4n) is 9.66. The van der Waals surface area contributed by atoms with Gasteiger partial charge in [0.25, 0.3) is 17.7 Å². The van der Waals surface area contributed by atoms with Crippen LogP contribution < -0.4 is 26.6 Å². The minimum absolute atomic E-state index is 0.0305. The molecule has 5 atom stereocenters. The summed E-state index contributed by atoms with van der Waals surface area (Å²) in [6.45, 7) is 7.40. The minimum Gasteiger partial charge on any atom is -0.507 e. The Labute approximate surface area is 449 Å². The summed E-state index contributed by atoms with van der Waals surface area (Å²) in [6, 6.07) is 17.9. The van der Waals surface area contributed by atoms with E-state index in [1.165, 1.54) is 44.9 Å². The lowest BCUT2D eigenvalue weighted by molar-refractivity contribution is -0.145. The minimum atomic E-state index is -2.03. The van der Waals surface area contributed by atoms with Crippen LogP contribution in [0.2, 0.25) is 0 Å². The van der Waals surface area contributed by atoms with Gasteiger partial charge in [-0.15, -0.1) is 11.3 Å². The zero-order valence-corrected chi connectivity index (χ0v) is 44.6. The van der Waals surface area contributed by atoms with Crippen LogP contribution in [0, 0.1) is 12.3 Å². The van der Waals surface area contributed by atoms with E-state index >= 15 is 0 Å². The summed E-state index contributed by atoms with van der Waals surface area (Å²) in [4.78, 5) is 102. The first-order chi connectivity index (χ1) is 36.7. The van der Waals surface area contributed by atoms with Gasteiger partial charge in [-0.3, -0.25) is 33.6 Å². The quantitative estimate of drug-likeness (QED) is 0.0442. The number of aromatic nitrogens is 2. The number of likely N-dealkylation sites (tertiary alicyclic amines) is 1. The van der Waals surface area contributed by atoms with Crippen LogP contribution >= 0.6 is 11.3 Å². The van der Waals surface area contributed by atoms with Gasteiger partial charge in [-0.2, -0.15) is 0 Å². The maximum Gasteiger partial charge on any atom is 0.273 e. The van der Waals surface area contributed by atoms with Crippen LogP contribution in [0.15, 0.2) is 82.8 Å². The van der Waals surface area contributed by atoms with Gasteiger partial charge in [-0.25, -0.2) is 9.37 Å². The number of nitrogens with zero attached hydrogens (tertiary/aromatic N) is 4. The number of aromatic hydroxyl groups is 1. The van der Waals surface area contributed by atoms with E-state index in [2.05, 4.69) is 36.7 Å². The molecular weight excluding hydrogens is 1010 g/mol. The van der Waals surface area contributed by atoms with Gasteiger partial charge in [0, 0.05) is 57.7 Å². The maximum absolute atomic E-state index is 14.7. The lowest BCUT2D eigenvalue weighted by Crippen LogP contribution is -2.59. The summed E-state index contributed by atoms with van der Waals surface area (Å²) < 4.78 is 20.2. The molecule has 2 aromatic heterocycles. The molecule has 77 heavy (non-hydrogen) atoms. The van der Waals surface area contributed by atoms with Gasteiger partial charge in [0.15, 0.2) is 17.1 Å². The van der Waals surface area contributed by atoms with Crippen LogP contribution in [0.5, 0.6) is 5.75 Å². The predicted octanol–water partition coefficient (Wildman–Crippen LogP) is 5.61. The van der Waals surface area contributed by atoms with Crippen LogP contribution in [0.1, 0.15) is 127 Å². The third-order valence-corrected chi connectivity index (χ3v) is 15.3. The normalized spacial score (nSPS) is 18.1. The molecule has 8 rings (SSSR count). The van der Waals surface area contributed by atoms with Crippen molar-refractivity contribution in [3.63, 3.8) is 0 Å². The monoisotopic (exact) mass is 1080 g/mol. The lowest BCUT2D eigenvalue weighted by atomic mass is 9.85. The van der Waals surface area contributed by atoms with Gasteiger partial charge in [-0.05, 0) is 85.3 Å². The zero-order valence-electron chi connectivity index (χ0n) is 43.8. The van der Waals surface area contributed by atoms with Crippen LogP contribution in [-0.2, 0) is 30.4 Å².